The van der Waals surface area contributed by atoms with Crippen LogP contribution < -0.4 is 0 Å². The van der Waals surface area contributed by atoms with Crippen molar-refractivity contribution in [2.75, 3.05) is 0 Å². The van der Waals surface area contributed by atoms with E-state index in [-0.39, 0.29) is 5.92 Å². The SMILES string of the molecule is c1ccc(-n2c3ccccc3c3ccc(-c4ccc5c(c4)-c4ccccc4C5c4ccc(-c5cccc6c5[nH]c5ccccc56)c5ccccc45)cc32)cc1. The molecule has 11 aromatic rings. The molecular formula is C53H34N2. The number of nitrogens with one attached hydrogen (secondary N) is 1. The van der Waals surface area contributed by atoms with E-state index in [4.69, 9.17) is 0 Å². The average molecular weight is 699 g/mol. The zero-order valence-electron chi connectivity index (χ0n) is 30.0. The summed E-state index contributed by atoms with van der Waals surface area (Å²) in [7, 11) is 0. The largest absolute Gasteiger partial charge is 0.354 e. The number of rotatable bonds is 4. The van der Waals surface area contributed by atoms with E-state index in [0.717, 1.165) is 0 Å². The van der Waals surface area contributed by atoms with Gasteiger partial charge in [0.15, 0.2) is 0 Å². The highest BCUT2D eigenvalue weighted by Gasteiger charge is 2.31. The van der Waals surface area contributed by atoms with Gasteiger partial charge in [0.2, 0.25) is 0 Å². The monoisotopic (exact) mass is 698 g/mol. The normalized spacial score (nSPS) is 13.6. The molecule has 0 fully saturated rings. The highest BCUT2D eigenvalue weighted by Crippen LogP contribution is 2.51. The van der Waals surface area contributed by atoms with Gasteiger partial charge in [0, 0.05) is 44.2 Å². The number of benzene rings is 9. The first-order valence-electron chi connectivity index (χ1n) is 19.1. The third kappa shape index (κ3) is 4.43. The Balaban J connectivity index is 1.02. The molecule has 2 nitrogen and oxygen atoms in total. The van der Waals surface area contributed by atoms with Crippen molar-refractivity contribution in [3.63, 3.8) is 0 Å². The minimum Gasteiger partial charge on any atom is -0.354 e. The van der Waals surface area contributed by atoms with Gasteiger partial charge in [-0.1, -0.05) is 158 Å². The van der Waals surface area contributed by atoms with Crippen molar-refractivity contribution in [3.05, 3.63) is 211 Å². The van der Waals surface area contributed by atoms with Gasteiger partial charge in [-0.2, -0.15) is 0 Å². The number of aromatic amines is 1. The van der Waals surface area contributed by atoms with Crippen molar-refractivity contribution in [2.45, 2.75) is 5.92 Å². The Kier molecular flexibility index (Phi) is 6.43. The zero-order chi connectivity index (χ0) is 36.0. The maximum atomic E-state index is 3.75. The van der Waals surface area contributed by atoms with Crippen LogP contribution in [0.5, 0.6) is 0 Å². The summed E-state index contributed by atoms with van der Waals surface area (Å²) in [6.07, 6.45) is 0. The molecule has 2 heteroatoms. The van der Waals surface area contributed by atoms with Gasteiger partial charge in [0.05, 0.1) is 16.6 Å². The van der Waals surface area contributed by atoms with Gasteiger partial charge in [-0.25, -0.2) is 0 Å². The molecule has 2 heterocycles. The van der Waals surface area contributed by atoms with E-state index in [1.807, 2.05) is 0 Å². The Morgan fingerprint density at radius 3 is 1.89 bits per heavy atom. The summed E-state index contributed by atoms with van der Waals surface area (Å²) in [6.45, 7) is 0. The number of nitrogens with zero attached hydrogens (tertiary/aromatic N) is 1. The topological polar surface area (TPSA) is 20.7 Å². The van der Waals surface area contributed by atoms with Gasteiger partial charge in [-0.15, -0.1) is 0 Å². The highest BCUT2D eigenvalue weighted by atomic mass is 15.0. The Bertz CT molecular complexity index is 3320. The van der Waals surface area contributed by atoms with Crippen molar-refractivity contribution in [3.8, 4) is 39.1 Å². The van der Waals surface area contributed by atoms with Gasteiger partial charge >= 0.3 is 0 Å². The maximum Gasteiger partial charge on any atom is 0.0547 e. The van der Waals surface area contributed by atoms with E-state index < -0.39 is 0 Å². The molecule has 55 heavy (non-hydrogen) atoms. The molecule has 0 amide bonds. The van der Waals surface area contributed by atoms with E-state index in [1.165, 1.54) is 110 Å². The second-order valence-electron chi connectivity index (χ2n) is 14.9. The molecule has 1 N–H and O–H groups in total. The molecule has 2 aromatic heterocycles. The summed E-state index contributed by atoms with van der Waals surface area (Å²) in [5.41, 5.74) is 17.6. The van der Waals surface area contributed by atoms with Crippen LogP contribution in [0.25, 0.3) is 93.5 Å². The fourth-order valence-corrected chi connectivity index (χ4v) is 9.63. The zero-order valence-corrected chi connectivity index (χ0v) is 30.0. The molecule has 0 bridgehead atoms. The lowest BCUT2D eigenvalue weighted by Crippen LogP contribution is -2.01. The lowest BCUT2D eigenvalue weighted by Gasteiger charge is -2.19. The van der Waals surface area contributed by atoms with Crippen molar-refractivity contribution in [2.24, 2.45) is 0 Å². The number of fused-ring (bicyclic) bond motifs is 10. The summed E-state index contributed by atoms with van der Waals surface area (Å²) in [4.78, 5) is 3.75. The second kappa shape index (κ2) is 11.7. The van der Waals surface area contributed by atoms with E-state index in [1.54, 1.807) is 0 Å². The highest BCUT2D eigenvalue weighted by molar-refractivity contribution is 6.14. The molecule has 1 aliphatic rings. The van der Waals surface area contributed by atoms with Crippen LogP contribution in [-0.2, 0) is 0 Å². The average Bonchev–Trinajstić information content (AvgIpc) is 3.91. The third-order valence-electron chi connectivity index (χ3n) is 12.0. The van der Waals surface area contributed by atoms with Gasteiger partial charge in [0.1, 0.15) is 0 Å². The molecule has 9 aromatic carbocycles. The smallest absolute Gasteiger partial charge is 0.0547 e. The minimum atomic E-state index is 0.131. The van der Waals surface area contributed by atoms with Crippen LogP contribution in [0.1, 0.15) is 22.6 Å². The molecule has 1 unspecified atom stereocenters. The van der Waals surface area contributed by atoms with Crippen molar-refractivity contribution < 1.29 is 0 Å². The molecule has 0 spiro atoms. The van der Waals surface area contributed by atoms with Crippen LogP contribution in [0, 0.1) is 0 Å². The maximum absolute atomic E-state index is 3.75. The summed E-state index contributed by atoms with van der Waals surface area (Å²) in [6, 6.07) is 71.6. The summed E-state index contributed by atoms with van der Waals surface area (Å²) in [5.74, 6) is 0.131. The van der Waals surface area contributed by atoms with E-state index in [2.05, 4.69) is 204 Å². The fraction of sp³-hybridized carbons (Fsp3) is 0.0189. The molecule has 256 valence electrons. The molecule has 1 atom stereocenters. The lowest BCUT2D eigenvalue weighted by molar-refractivity contribution is 1.03. The van der Waals surface area contributed by atoms with Crippen LogP contribution in [0.2, 0.25) is 0 Å². The molecule has 12 rings (SSSR count). The molecule has 0 saturated heterocycles. The van der Waals surface area contributed by atoms with Gasteiger partial charge in [0.25, 0.3) is 0 Å². The van der Waals surface area contributed by atoms with Crippen LogP contribution >= 0.6 is 0 Å². The predicted octanol–water partition coefficient (Wildman–Crippen LogP) is 14.1. The first-order chi connectivity index (χ1) is 27.3. The third-order valence-corrected chi connectivity index (χ3v) is 12.0. The molecule has 0 radical (unpaired) electrons. The van der Waals surface area contributed by atoms with Crippen LogP contribution in [0.3, 0.4) is 0 Å². The standard InChI is InChI=1S/C53H34N2/c1-2-13-35(14-3-1)55-50-24-11-9-19-41(50)42-27-25-34(32-51(42)55)33-26-28-45-48(31-33)38-17-6-7-20-43(38)52(45)44-30-29-39(36-15-4-5-16-37(36)44)46-21-12-22-47-40-18-8-10-23-49(40)54-53(46)47/h1-32,52,54H. The number of H-pyrrole nitrogens is 1. The summed E-state index contributed by atoms with van der Waals surface area (Å²) in [5, 5.41) is 7.63. The Morgan fingerprint density at radius 2 is 0.982 bits per heavy atom. The Hall–Kier alpha value is -7.16. The Labute approximate surface area is 318 Å². The van der Waals surface area contributed by atoms with Crippen molar-refractivity contribution >= 4 is 54.4 Å². The molecular weight excluding hydrogens is 665 g/mol. The molecule has 0 saturated carbocycles. The predicted molar refractivity (Wildman–Crippen MR) is 231 cm³/mol. The van der Waals surface area contributed by atoms with Crippen LogP contribution in [-0.4, -0.2) is 9.55 Å². The first-order valence-corrected chi connectivity index (χ1v) is 19.1. The van der Waals surface area contributed by atoms with E-state index >= 15 is 0 Å². The summed E-state index contributed by atoms with van der Waals surface area (Å²) < 4.78 is 2.40. The number of hydrogen-bond acceptors (Lipinski definition) is 0. The van der Waals surface area contributed by atoms with Gasteiger partial charge < -0.3 is 9.55 Å². The lowest BCUT2D eigenvalue weighted by atomic mass is 9.84. The molecule has 1 aliphatic carbocycles. The number of para-hydroxylation sites is 4. The minimum absolute atomic E-state index is 0.131. The van der Waals surface area contributed by atoms with Crippen LogP contribution in [0.15, 0.2) is 194 Å². The molecule has 0 aliphatic heterocycles. The van der Waals surface area contributed by atoms with E-state index in [0.29, 0.717) is 0 Å². The quantitative estimate of drug-likeness (QED) is 0.189. The van der Waals surface area contributed by atoms with Gasteiger partial charge in [-0.05, 0) is 91.7 Å². The van der Waals surface area contributed by atoms with Crippen molar-refractivity contribution in [1.29, 1.82) is 0 Å². The first kappa shape index (κ1) is 30.3. The van der Waals surface area contributed by atoms with Gasteiger partial charge in [-0.3, -0.25) is 0 Å². The number of hydrogen-bond donors (Lipinski definition) is 1. The summed E-state index contributed by atoms with van der Waals surface area (Å²) >= 11 is 0. The second-order valence-corrected chi connectivity index (χ2v) is 14.9. The fourth-order valence-electron chi connectivity index (χ4n) is 9.63. The van der Waals surface area contributed by atoms with Crippen molar-refractivity contribution in [1.82, 2.24) is 9.55 Å². The van der Waals surface area contributed by atoms with E-state index in [9.17, 15) is 0 Å². The number of aromatic nitrogens is 2. The van der Waals surface area contributed by atoms with Crippen LogP contribution in [0.4, 0.5) is 0 Å². The Morgan fingerprint density at radius 1 is 0.345 bits per heavy atom.